The van der Waals surface area contributed by atoms with Crippen molar-refractivity contribution in [1.82, 2.24) is 0 Å². The van der Waals surface area contributed by atoms with Crippen molar-refractivity contribution in [2.75, 3.05) is 11.9 Å². The second kappa shape index (κ2) is 5.83. The van der Waals surface area contributed by atoms with E-state index in [1.165, 1.54) is 0 Å². The average molecular weight is 295 g/mol. The Morgan fingerprint density at radius 3 is 2.71 bits per heavy atom. The zero-order valence-electron chi connectivity index (χ0n) is 10.2. The van der Waals surface area contributed by atoms with E-state index >= 15 is 0 Å². The van der Waals surface area contributed by atoms with Crippen LogP contribution in [0.2, 0.25) is 0 Å². The molecule has 0 saturated heterocycles. The minimum atomic E-state index is 0.0463. The van der Waals surface area contributed by atoms with E-state index in [-0.39, 0.29) is 11.8 Å². The van der Waals surface area contributed by atoms with E-state index in [1.54, 1.807) is 13.0 Å². The van der Waals surface area contributed by atoms with Gasteiger partial charge in [-0.25, -0.2) is 0 Å². The molecule has 90 valence electrons. The van der Waals surface area contributed by atoms with Gasteiger partial charge in [0.25, 0.3) is 0 Å². The van der Waals surface area contributed by atoms with Gasteiger partial charge in [0.05, 0.1) is 18.2 Å². The highest BCUT2D eigenvalue weighted by atomic mass is 79.9. The molecular weight excluding hydrogens is 280 g/mol. The van der Waals surface area contributed by atoms with Crippen LogP contribution in [0.1, 0.15) is 30.6 Å². The van der Waals surface area contributed by atoms with E-state index in [0.717, 1.165) is 10.2 Å². The average Bonchev–Trinajstić information content (AvgIpc) is 2.28. The fourth-order valence-corrected chi connectivity index (χ4v) is 2.18. The van der Waals surface area contributed by atoms with Crippen LogP contribution in [-0.2, 0) is 0 Å². The van der Waals surface area contributed by atoms with Gasteiger partial charge >= 0.3 is 0 Å². The first-order valence-electron chi connectivity index (χ1n) is 5.37. The van der Waals surface area contributed by atoms with Crippen molar-refractivity contribution in [3.05, 3.63) is 28.2 Å². The van der Waals surface area contributed by atoms with E-state index in [1.807, 2.05) is 31.0 Å². The van der Waals surface area contributed by atoms with Crippen LogP contribution >= 0.6 is 15.9 Å². The summed E-state index contributed by atoms with van der Waals surface area (Å²) in [6.07, 6.45) is 0.470. The first kappa shape index (κ1) is 13.7. The number of hydrogen-bond acceptors (Lipinski definition) is 3. The molecule has 4 heteroatoms. The van der Waals surface area contributed by atoms with Gasteiger partial charge in [0.1, 0.15) is 0 Å². The highest BCUT2D eigenvalue weighted by molar-refractivity contribution is 9.10. The normalized spacial score (nSPS) is 11.7. The van der Waals surface area contributed by atoms with Crippen LogP contribution in [0.25, 0.3) is 0 Å². The Labute approximate surface area is 110 Å². The third-order valence-corrected chi connectivity index (χ3v) is 3.42. The predicted molar refractivity (Wildman–Crippen MR) is 72.2 cm³/mol. The number of rotatable bonds is 4. The topological polar surface area (TPSA) is 44.1 Å². The zero-order valence-corrected chi connectivity index (χ0v) is 11.8. The predicted octanol–water partition coefficient (Wildman–Crippen LogP) is 3.39. The molecule has 1 aromatic rings. The smallest absolute Gasteiger partial charge is 0.159 e. The number of hydrogen-bond donors (Lipinski definition) is 0. The highest BCUT2D eigenvalue weighted by Gasteiger charge is 2.13. The van der Waals surface area contributed by atoms with Crippen molar-refractivity contribution in [2.24, 2.45) is 0 Å². The van der Waals surface area contributed by atoms with Crippen molar-refractivity contribution >= 4 is 27.4 Å². The van der Waals surface area contributed by atoms with Crippen LogP contribution in [-0.4, -0.2) is 18.9 Å². The number of ketones is 1. The summed E-state index contributed by atoms with van der Waals surface area (Å²) in [7, 11) is 1.94. The Bertz CT molecular complexity index is 465. The molecule has 0 spiro atoms. The summed E-state index contributed by atoms with van der Waals surface area (Å²) < 4.78 is 0.873. The lowest BCUT2D eigenvalue weighted by Gasteiger charge is -2.26. The van der Waals surface area contributed by atoms with Crippen molar-refractivity contribution in [3.8, 4) is 6.07 Å². The molecule has 0 fully saturated rings. The Morgan fingerprint density at radius 2 is 2.24 bits per heavy atom. The van der Waals surface area contributed by atoms with Gasteiger partial charge in [0.2, 0.25) is 0 Å². The summed E-state index contributed by atoms with van der Waals surface area (Å²) in [5, 5.41) is 8.69. The number of carbonyl (C=O) groups is 1. The molecule has 0 aromatic heterocycles. The number of benzene rings is 1. The van der Waals surface area contributed by atoms with E-state index < -0.39 is 0 Å². The number of nitriles is 1. The molecule has 0 heterocycles. The summed E-state index contributed by atoms with van der Waals surface area (Å²) in [6, 6.07) is 7.81. The number of carbonyl (C=O) groups excluding carboxylic acids is 1. The van der Waals surface area contributed by atoms with Gasteiger partial charge in [0.15, 0.2) is 5.78 Å². The van der Waals surface area contributed by atoms with Crippen molar-refractivity contribution in [2.45, 2.75) is 26.3 Å². The second-order valence-electron chi connectivity index (χ2n) is 4.04. The molecule has 0 saturated carbocycles. The van der Waals surface area contributed by atoms with Gasteiger partial charge in [-0.1, -0.05) is 0 Å². The molecule has 1 atom stereocenters. The molecule has 3 nitrogen and oxygen atoms in total. The minimum Gasteiger partial charge on any atom is -0.370 e. The lowest BCUT2D eigenvalue weighted by molar-refractivity contribution is 0.101. The van der Waals surface area contributed by atoms with E-state index in [0.29, 0.717) is 12.0 Å². The first-order chi connectivity index (χ1) is 7.97. The summed E-state index contributed by atoms with van der Waals surface area (Å²) in [6.45, 7) is 3.54. The molecule has 1 unspecified atom stereocenters. The van der Waals surface area contributed by atoms with Crippen LogP contribution in [0.5, 0.6) is 0 Å². The molecule has 0 aliphatic heterocycles. The standard InChI is InChI=1S/C13H15BrN2O/c1-9(6-7-15)16(3)13-5-4-11(10(2)17)8-12(13)14/h4-5,8-9H,6H2,1-3H3. The van der Waals surface area contributed by atoms with Gasteiger partial charge in [-0.3, -0.25) is 4.79 Å². The number of anilines is 1. The van der Waals surface area contributed by atoms with Gasteiger partial charge in [-0.2, -0.15) is 5.26 Å². The quantitative estimate of drug-likeness (QED) is 0.800. The maximum absolute atomic E-state index is 11.2. The minimum absolute atomic E-state index is 0.0463. The summed E-state index contributed by atoms with van der Waals surface area (Å²) in [4.78, 5) is 13.3. The molecule has 0 amide bonds. The van der Waals surface area contributed by atoms with E-state index in [4.69, 9.17) is 5.26 Å². The third kappa shape index (κ3) is 3.31. The van der Waals surface area contributed by atoms with Gasteiger partial charge in [-0.05, 0) is 48.0 Å². The largest absolute Gasteiger partial charge is 0.370 e. The molecule has 0 N–H and O–H groups in total. The molecular formula is C13H15BrN2O. The van der Waals surface area contributed by atoms with Crippen molar-refractivity contribution < 1.29 is 4.79 Å². The Kier molecular flexibility index (Phi) is 4.71. The lowest BCUT2D eigenvalue weighted by atomic mass is 10.1. The van der Waals surface area contributed by atoms with Crippen LogP contribution in [0, 0.1) is 11.3 Å². The van der Waals surface area contributed by atoms with Crippen molar-refractivity contribution in [3.63, 3.8) is 0 Å². The maximum atomic E-state index is 11.2. The molecule has 0 aliphatic rings. The number of halogens is 1. The summed E-state index contributed by atoms with van der Waals surface area (Å²) in [5.41, 5.74) is 1.67. The van der Waals surface area contributed by atoms with E-state index in [2.05, 4.69) is 22.0 Å². The van der Waals surface area contributed by atoms with Crippen LogP contribution < -0.4 is 4.90 Å². The number of nitrogens with zero attached hydrogens (tertiary/aromatic N) is 2. The second-order valence-corrected chi connectivity index (χ2v) is 4.90. The lowest BCUT2D eigenvalue weighted by Crippen LogP contribution is -2.28. The molecule has 1 rings (SSSR count). The SMILES string of the molecule is CC(=O)c1ccc(N(C)C(C)CC#N)c(Br)c1. The summed E-state index contributed by atoms with van der Waals surface area (Å²) >= 11 is 3.46. The van der Waals surface area contributed by atoms with Crippen molar-refractivity contribution in [1.29, 1.82) is 5.26 Å². The van der Waals surface area contributed by atoms with Crippen LogP contribution in [0.15, 0.2) is 22.7 Å². The highest BCUT2D eigenvalue weighted by Crippen LogP contribution is 2.28. The first-order valence-corrected chi connectivity index (χ1v) is 6.17. The van der Waals surface area contributed by atoms with Gasteiger partial charge in [0, 0.05) is 23.1 Å². The van der Waals surface area contributed by atoms with Crippen LogP contribution in [0.4, 0.5) is 5.69 Å². The molecule has 0 radical (unpaired) electrons. The molecule has 0 aliphatic carbocycles. The van der Waals surface area contributed by atoms with E-state index in [9.17, 15) is 4.79 Å². The maximum Gasteiger partial charge on any atom is 0.159 e. The Morgan fingerprint density at radius 1 is 1.59 bits per heavy atom. The van der Waals surface area contributed by atoms with Gasteiger partial charge in [-0.15, -0.1) is 0 Å². The Balaban J connectivity index is 3.00. The number of Topliss-reactive ketones (excluding diaryl/α,β-unsaturated/α-hetero) is 1. The third-order valence-electron chi connectivity index (χ3n) is 2.78. The fourth-order valence-electron chi connectivity index (χ4n) is 1.52. The zero-order chi connectivity index (χ0) is 13.0. The molecule has 0 bridgehead atoms. The Hall–Kier alpha value is -1.34. The monoisotopic (exact) mass is 294 g/mol. The fraction of sp³-hybridized carbons (Fsp3) is 0.385. The van der Waals surface area contributed by atoms with Gasteiger partial charge < -0.3 is 4.90 Å². The summed E-state index contributed by atoms with van der Waals surface area (Å²) in [5.74, 6) is 0.0463. The molecule has 1 aromatic carbocycles. The molecule has 17 heavy (non-hydrogen) atoms. The van der Waals surface area contributed by atoms with Crippen LogP contribution in [0.3, 0.4) is 0 Å².